The quantitative estimate of drug-likeness (QED) is 0.728. The minimum absolute atomic E-state index is 0.257. The third-order valence-corrected chi connectivity index (χ3v) is 3.86. The van der Waals surface area contributed by atoms with Crippen LogP contribution in [-0.2, 0) is 6.42 Å². The van der Waals surface area contributed by atoms with Crippen molar-refractivity contribution in [3.05, 3.63) is 53.2 Å². The molecule has 6 nitrogen and oxygen atoms in total. The van der Waals surface area contributed by atoms with Crippen LogP contribution in [0.25, 0.3) is 0 Å². The van der Waals surface area contributed by atoms with Gasteiger partial charge in [0.15, 0.2) is 0 Å². The highest BCUT2D eigenvalue weighted by Crippen LogP contribution is 2.15. The van der Waals surface area contributed by atoms with Crippen molar-refractivity contribution in [3.8, 4) is 0 Å². The van der Waals surface area contributed by atoms with Crippen molar-refractivity contribution in [2.45, 2.75) is 19.4 Å². The number of anilines is 3. The highest BCUT2D eigenvalue weighted by atomic mass is 32.1. The lowest BCUT2D eigenvalue weighted by Crippen LogP contribution is -2.19. The van der Waals surface area contributed by atoms with Gasteiger partial charge in [0, 0.05) is 29.7 Å². The summed E-state index contributed by atoms with van der Waals surface area (Å²) in [5.74, 6) is 1.99. The summed E-state index contributed by atoms with van der Waals surface area (Å²) in [5, 5.41) is 8.53. The lowest BCUT2D eigenvalue weighted by molar-refractivity contribution is 0.787. The van der Waals surface area contributed by atoms with Crippen LogP contribution >= 0.6 is 11.3 Å². The van der Waals surface area contributed by atoms with Gasteiger partial charge in [0.05, 0.1) is 0 Å². The van der Waals surface area contributed by atoms with E-state index >= 15 is 0 Å². The van der Waals surface area contributed by atoms with Crippen molar-refractivity contribution < 1.29 is 0 Å². The van der Waals surface area contributed by atoms with E-state index in [-0.39, 0.29) is 6.04 Å². The van der Waals surface area contributed by atoms with Crippen LogP contribution in [0.2, 0.25) is 0 Å². The molecule has 0 fully saturated rings. The highest BCUT2D eigenvalue weighted by Gasteiger charge is 2.07. The molecule has 3 rings (SSSR count). The monoisotopic (exact) mass is 312 g/mol. The van der Waals surface area contributed by atoms with Crippen LogP contribution in [0.15, 0.2) is 48.4 Å². The first-order valence-electron chi connectivity index (χ1n) is 6.94. The van der Waals surface area contributed by atoms with Gasteiger partial charge >= 0.3 is 0 Å². The molecule has 112 valence electrons. The molecular weight excluding hydrogens is 296 g/mol. The summed E-state index contributed by atoms with van der Waals surface area (Å²) in [4.78, 5) is 18.0. The smallest absolute Gasteiger partial charge is 0.224 e. The van der Waals surface area contributed by atoms with E-state index in [4.69, 9.17) is 0 Å². The third kappa shape index (κ3) is 3.98. The average Bonchev–Trinajstić information content (AvgIpc) is 3.01. The third-order valence-electron chi connectivity index (χ3n) is 2.96. The second kappa shape index (κ2) is 6.95. The summed E-state index contributed by atoms with van der Waals surface area (Å²) in [6.45, 7) is 2.12. The summed E-state index contributed by atoms with van der Waals surface area (Å²) in [6.07, 6.45) is 5.84. The van der Waals surface area contributed by atoms with E-state index in [1.165, 1.54) is 11.2 Å². The minimum atomic E-state index is 0.257. The molecule has 3 aromatic heterocycles. The Hall–Kier alpha value is -2.54. The maximum atomic E-state index is 4.45. The van der Waals surface area contributed by atoms with Crippen molar-refractivity contribution >= 4 is 28.9 Å². The largest absolute Gasteiger partial charge is 0.351 e. The van der Waals surface area contributed by atoms with Crippen molar-refractivity contribution in [1.82, 2.24) is 19.9 Å². The number of nitrogens with zero attached hydrogens (tertiary/aromatic N) is 4. The molecule has 0 aliphatic heterocycles. The Morgan fingerprint density at radius 2 is 2.05 bits per heavy atom. The van der Waals surface area contributed by atoms with Gasteiger partial charge in [-0.2, -0.15) is 4.98 Å². The van der Waals surface area contributed by atoms with Gasteiger partial charge in [-0.15, -0.1) is 11.3 Å². The number of aromatic nitrogens is 4. The molecule has 1 atom stereocenters. The van der Waals surface area contributed by atoms with Crippen molar-refractivity contribution in [1.29, 1.82) is 0 Å². The van der Waals surface area contributed by atoms with Crippen molar-refractivity contribution in [2.75, 3.05) is 10.6 Å². The van der Waals surface area contributed by atoms with Crippen LogP contribution in [-0.4, -0.2) is 26.0 Å². The fourth-order valence-corrected chi connectivity index (χ4v) is 2.83. The van der Waals surface area contributed by atoms with Gasteiger partial charge in [-0.05, 0) is 30.5 Å². The highest BCUT2D eigenvalue weighted by molar-refractivity contribution is 7.09. The lowest BCUT2D eigenvalue weighted by atomic mass is 10.2. The van der Waals surface area contributed by atoms with Crippen LogP contribution in [0.3, 0.4) is 0 Å². The second-order valence-corrected chi connectivity index (χ2v) is 5.85. The molecule has 1 unspecified atom stereocenters. The van der Waals surface area contributed by atoms with Crippen LogP contribution in [0, 0.1) is 0 Å². The summed E-state index contributed by atoms with van der Waals surface area (Å²) in [7, 11) is 0. The topological polar surface area (TPSA) is 75.6 Å². The lowest BCUT2D eigenvalue weighted by Gasteiger charge is -2.13. The number of rotatable bonds is 6. The Balaban J connectivity index is 1.63. The van der Waals surface area contributed by atoms with Gasteiger partial charge in [0.25, 0.3) is 0 Å². The Kier molecular flexibility index (Phi) is 4.55. The van der Waals surface area contributed by atoms with Gasteiger partial charge in [-0.3, -0.25) is 0 Å². The molecule has 0 amide bonds. The molecule has 3 aromatic rings. The Morgan fingerprint density at radius 3 is 2.82 bits per heavy atom. The maximum absolute atomic E-state index is 4.45. The van der Waals surface area contributed by atoms with Gasteiger partial charge < -0.3 is 10.6 Å². The Morgan fingerprint density at radius 1 is 1.14 bits per heavy atom. The molecule has 0 saturated heterocycles. The molecule has 0 bridgehead atoms. The fourth-order valence-electron chi connectivity index (χ4n) is 2.00. The number of hydrogen-bond acceptors (Lipinski definition) is 7. The first-order chi connectivity index (χ1) is 10.8. The molecule has 3 heterocycles. The van der Waals surface area contributed by atoms with E-state index < -0.39 is 0 Å². The molecule has 7 heteroatoms. The van der Waals surface area contributed by atoms with Crippen LogP contribution in [0.4, 0.5) is 17.6 Å². The molecular formula is C15H16N6S. The van der Waals surface area contributed by atoms with Crippen molar-refractivity contribution in [3.63, 3.8) is 0 Å². The molecule has 0 radical (unpaired) electrons. The zero-order valence-electron chi connectivity index (χ0n) is 12.1. The number of nitrogens with one attached hydrogen (secondary N) is 2. The van der Waals surface area contributed by atoms with Crippen LogP contribution in [0.5, 0.6) is 0 Å². The van der Waals surface area contributed by atoms with Crippen LogP contribution in [0.1, 0.15) is 11.8 Å². The maximum Gasteiger partial charge on any atom is 0.224 e. The van der Waals surface area contributed by atoms with E-state index in [9.17, 15) is 0 Å². The Bertz CT molecular complexity index is 701. The van der Waals surface area contributed by atoms with E-state index in [1.54, 1.807) is 35.9 Å². The first-order valence-corrected chi connectivity index (χ1v) is 7.82. The predicted octanol–water partition coefficient (Wildman–Crippen LogP) is 3.11. The minimum Gasteiger partial charge on any atom is -0.351 e. The van der Waals surface area contributed by atoms with Crippen LogP contribution < -0.4 is 10.6 Å². The van der Waals surface area contributed by atoms with E-state index in [2.05, 4.69) is 55.0 Å². The molecule has 0 aromatic carbocycles. The zero-order valence-corrected chi connectivity index (χ0v) is 12.9. The molecule has 0 aliphatic rings. The standard InChI is InChI=1S/C15H16N6S/c1-11(9-12-3-2-8-22-12)19-15-17-7-5-14(21-15)20-13-4-6-16-10-18-13/h2-8,10-11H,9H2,1H3,(H2,16,17,18,19,20,21). The SMILES string of the molecule is CC(Cc1cccs1)Nc1nccc(Nc2ccncn2)n1. The summed E-state index contributed by atoms with van der Waals surface area (Å²) >= 11 is 1.76. The van der Waals surface area contributed by atoms with Crippen molar-refractivity contribution in [2.24, 2.45) is 0 Å². The number of hydrogen-bond donors (Lipinski definition) is 2. The fraction of sp³-hybridized carbons (Fsp3) is 0.200. The second-order valence-electron chi connectivity index (χ2n) is 4.81. The normalized spacial score (nSPS) is 11.9. The summed E-state index contributed by atoms with van der Waals surface area (Å²) < 4.78 is 0. The first kappa shape index (κ1) is 14.4. The van der Waals surface area contributed by atoms with Gasteiger partial charge in [-0.1, -0.05) is 6.07 Å². The van der Waals surface area contributed by atoms with Gasteiger partial charge in [-0.25, -0.2) is 15.0 Å². The van der Waals surface area contributed by atoms with E-state index in [1.807, 2.05) is 0 Å². The summed E-state index contributed by atoms with van der Waals surface area (Å²) in [6, 6.07) is 8.05. The van der Waals surface area contributed by atoms with Gasteiger partial charge in [0.1, 0.15) is 18.0 Å². The Labute approximate surface area is 132 Å². The zero-order chi connectivity index (χ0) is 15.2. The van der Waals surface area contributed by atoms with E-state index in [0.29, 0.717) is 17.6 Å². The predicted molar refractivity (Wildman–Crippen MR) is 88.5 cm³/mol. The molecule has 0 aliphatic carbocycles. The van der Waals surface area contributed by atoms with Gasteiger partial charge in [0.2, 0.25) is 5.95 Å². The molecule has 2 N–H and O–H groups in total. The van der Waals surface area contributed by atoms with E-state index in [0.717, 1.165) is 6.42 Å². The molecule has 0 spiro atoms. The average molecular weight is 312 g/mol. The summed E-state index contributed by atoms with van der Waals surface area (Å²) in [5.41, 5.74) is 0. The molecule has 0 saturated carbocycles. The molecule has 22 heavy (non-hydrogen) atoms. The number of thiophene rings is 1.